The first-order chi connectivity index (χ1) is 12.9. The fourth-order valence-electron chi connectivity index (χ4n) is 3.41. The van der Waals surface area contributed by atoms with E-state index in [0.29, 0.717) is 18.8 Å². The molecule has 0 aromatic heterocycles. The van der Waals surface area contributed by atoms with Crippen LogP contribution in [0.15, 0.2) is 48.5 Å². The zero-order chi connectivity index (χ0) is 19.4. The van der Waals surface area contributed by atoms with E-state index in [1.165, 1.54) is 5.56 Å². The minimum atomic E-state index is -0.826. The highest BCUT2D eigenvalue weighted by atomic mass is 35.5. The number of hydrogen-bond donors (Lipinski definition) is 2. The number of nitrogens with two attached hydrogens (primary N) is 1. The van der Waals surface area contributed by atoms with E-state index in [0.717, 1.165) is 35.9 Å². The average molecular weight is 386 g/mol. The number of piperidine rings is 1. The topological polar surface area (TPSA) is 58.4 Å². The Morgan fingerprint density at radius 1 is 1.15 bits per heavy atom. The minimum absolute atomic E-state index is 0.0998. The first-order valence-electron chi connectivity index (χ1n) is 9.53. The Morgan fingerprint density at radius 3 is 2.37 bits per heavy atom. The van der Waals surface area contributed by atoms with E-state index in [-0.39, 0.29) is 5.91 Å². The summed E-state index contributed by atoms with van der Waals surface area (Å²) in [6.45, 7) is 6.65. The van der Waals surface area contributed by atoms with Crippen molar-refractivity contribution in [1.82, 2.24) is 4.90 Å². The number of rotatable bonds is 5. The Hall–Kier alpha value is -1.88. The molecule has 1 fully saturated rings. The van der Waals surface area contributed by atoms with Gasteiger partial charge in [-0.1, -0.05) is 55.8 Å². The molecule has 1 aliphatic rings. The van der Waals surface area contributed by atoms with Crippen LogP contribution in [-0.4, -0.2) is 29.4 Å². The van der Waals surface area contributed by atoms with Gasteiger partial charge in [0.25, 0.3) is 0 Å². The van der Waals surface area contributed by atoms with Gasteiger partial charge in [-0.2, -0.15) is 0 Å². The second-order valence-electron chi connectivity index (χ2n) is 7.75. The van der Waals surface area contributed by atoms with Crippen LogP contribution in [0.1, 0.15) is 43.7 Å². The normalized spacial score (nSPS) is 17.1. The molecule has 0 unspecified atom stereocenters. The van der Waals surface area contributed by atoms with Gasteiger partial charge in [-0.25, -0.2) is 0 Å². The first-order valence-corrected chi connectivity index (χ1v) is 9.91. The molecule has 4 nitrogen and oxygen atoms in total. The third-order valence-corrected chi connectivity index (χ3v) is 5.76. The lowest BCUT2D eigenvalue weighted by Gasteiger charge is -2.38. The Morgan fingerprint density at radius 2 is 1.78 bits per heavy atom. The van der Waals surface area contributed by atoms with Gasteiger partial charge in [-0.05, 0) is 48.1 Å². The number of halogens is 1. The fraction of sp³-hybridized carbons (Fsp3) is 0.409. The molecule has 1 aliphatic heterocycles. The molecule has 0 bridgehead atoms. The molecule has 1 amide bonds. The largest absolute Gasteiger partial charge is 0.324 e. The van der Waals surface area contributed by atoms with E-state index in [1.54, 1.807) is 0 Å². The van der Waals surface area contributed by atoms with Crippen molar-refractivity contribution in [1.29, 1.82) is 0 Å². The molecule has 1 saturated heterocycles. The second-order valence-corrected chi connectivity index (χ2v) is 8.16. The van der Waals surface area contributed by atoms with Crippen LogP contribution in [0, 0.1) is 0 Å². The highest BCUT2D eigenvalue weighted by Crippen LogP contribution is 2.25. The van der Waals surface area contributed by atoms with Crippen LogP contribution in [0.5, 0.6) is 0 Å². The predicted molar refractivity (Wildman–Crippen MR) is 112 cm³/mol. The molecule has 0 aliphatic carbocycles. The van der Waals surface area contributed by atoms with Gasteiger partial charge in [0.15, 0.2) is 0 Å². The second kappa shape index (κ2) is 8.42. The zero-order valence-electron chi connectivity index (χ0n) is 16.0. The average Bonchev–Trinajstić information content (AvgIpc) is 2.66. The van der Waals surface area contributed by atoms with Gasteiger partial charge in [-0.3, -0.25) is 9.69 Å². The Balaban J connectivity index is 1.56. The lowest BCUT2D eigenvalue weighted by Crippen LogP contribution is -2.57. The van der Waals surface area contributed by atoms with E-state index >= 15 is 0 Å². The van der Waals surface area contributed by atoms with Crippen LogP contribution in [0.2, 0.25) is 5.02 Å². The van der Waals surface area contributed by atoms with E-state index in [4.69, 9.17) is 17.3 Å². The maximum absolute atomic E-state index is 12.8. The van der Waals surface area contributed by atoms with Crippen LogP contribution in [0.3, 0.4) is 0 Å². The molecule has 27 heavy (non-hydrogen) atoms. The summed E-state index contributed by atoms with van der Waals surface area (Å²) in [4.78, 5) is 15.1. The number of hydrogen-bond acceptors (Lipinski definition) is 3. The van der Waals surface area contributed by atoms with Crippen LogP contribution >= 0.6 is 11.6 Å². The van der Waals surface area contributed by atoms with Crippen molar-refractivity contribution in [2.45, 2.75) is 44.7 Å². The van der Waals surface area contributed by atoms with Crippen molar-refractivity contribution < 1.29 is 4.79 Å². The summed E-state index contributed by atoms with van der Waals surface area (Å²) in [5, 5.41) is 3.77. The van der Waals surface area contributed by atoms with Gasteiger partial charge in [0.2, 0.25) is 5.91 Å². The molecule has 2 aromatic rings. The summed E-state index contributed by atoms with van der Waals surface area (Å²) in [7, 11) is 0. The lowest BCUT2D eigenvalue weighted by atomic mass is 9.87. The molecule has 144 valence electrons. The quantitative estimate of drug-likeness (QED) is 0.802. The maximum atomic E-state index is 12.8. The molecule has 5 heteroatoms. The maximum Gasteiger partial charge on any atom is 0.244 e. The summed E-state index contributed by atoms with van der Waals surface area (Å²) >= 11 is 6.26. The van der Waals surface area contributed by atoms with Crippen LogP contribution < -0.4 is 11.1 Å². The molecular formula is C22H28ClN3O. The van der Waals surface area contributed by atoms with Gasteiger partial charge >= 0.3 is 0 Å². The van der Waals surface area contributed by atoms with Crippen molar-refractivity contribution in [2.75, 3.05) is 18.4 Å². The van der Waals surface area contributed by atoms with Crippen LogP contribution in [0.25, 0.3) is 0 Å². The summed E-state index contributed by atoms with van der Waals surface area (Å²) < 4.78 is 0. The smallest absolute Gasteiger partial charge is 0.244 e. The van der Waals surface area contributed by atoms with Crippen molar-refractivity contribution >= 4 is 23.2 Å². The standard InChI is InChI=1S/C22H28ClN3O/c1-16(2)17-7-9-19(10-8-17)25-21(27)22(24)11-13-26(14-12-22)15-18-5-3-4-6-20(18)23/h3-10,16H,11-15,24H2,1-2H3,(H,25,27). The van der Waals surface area contributed by atoms with Gasteiger partial charge < -0.3 is 11.1 Å². The third-order valence-electron chi connectivity index (χ3n) is 5.39. The van der Waals surface area contributed by atoms with Gasteiger partial charge in [-0.15, -0.1) is 0 Å². The van der Waals surface area contributed by atoms with E-state index in [1.807, 2.05) is 36.4 Å². The molecule has 0 radical (unpaired) electrons. The SMILES string of the molecule is CC(C)c1ccc(NC(=O)C2(N)CCN(Cc3ccccc3Cl)CC2)cc1. The number of nitrogens with zero attached hydrogens (tertiary/aromatic N) is 1. The summed E-state index contributed by atoms with van der Waals surface area (Å²) in [6.07, 6.45) is 1.26. The zero-order valence-corrected chi connectivity index (χ0v) is 16.8. The molecular weight excluding hydrogens is 358 g/mol. The monoisotopic (exact) mass is 385 g/mol. The van der Waals surface area contributed by atoms with Crippen molar-refractivity contribution in [3.8, 4) is 0 Å². The first kappa shape index (κ1) is 19.9. The summed E-state index contributed by atoms with van der Waals surface area (Å²) in [6, 6.07) is 15.9. The highest BCUT2D eigenvalue weighted by Gasteiger charge is 2.37. The molecule has 0 spiro atoms. The summed E-state index contributed by atoms with van der Waals surface area (Å²) in [5.41, 5.74) is 8.79. The van der Waals surface area contributed by atoms with Crippen molar-refractivity contribution in [3.05, 3.63) is 64.7 Å². The number of anilines is 1. The van der Waals surface area contributed by atoms with Gasteiger partial charge in [0.1, 0.15) is 0 Å². The highest BCUT2D eigenvalue weighted by molar-refractivity contribution is 6.31. The lowest BCUT2D eigenvalue weighted by molar-refractivity contribution is -0.122. The van der Waals surface area contributed by atoms with E-state index in [9.17, 15) is 4.79 Å². The molecule has 3 rings (SSSR count). The predicted octanol–water partition coefficient (Wildman–Crippen LogP) is 4.40. The molecule has 3 N–H and O–H groups in total. The van der Waals surface area contributed by atoms with E-state index < -0.39 is 5.54 Å². The number of amides is 1. The molecule has 0 saturated carbocycles. The minimum Gasteiger partial charge on any atom is -0.324 e. The van der Waals surface area contributed by atoms with E-state index in [2.05, 4.69) is 36.2 Å². The molecule has 2 aromatic carbocycles. The van der Waals surface area contributed by atoms with Gasteiger partial charge in [0.05, 0.1) is 5.54 Å². The Bertz CT molecular complexity index is 780. The van der Waals surface area contributed by atoms with Crippen molar-refractivity contribution in [3.63, 3.8) is 0 Å². The summed E-state index contributed by atoms with van der Waals surface area (Å²) in [5.74, 6) is 0.371. The number of likely N-dealkylation sites (tertiary alicyclic amines) is 1. The number of carbonyl (C=O) groups is 1. The number of benzene rings is 2. The molecule has 0 atom stereocenters. The third kappa shape index (κ3) is 4.89. The number of carbonyl (C=O) groups excluding carboxylic acids is 1. The molecule has 1 heterocycles. The number of nitrogens with one attached hydrogen (secondary N) is 1. The fourth-order valence-corrected chi connectivity index (χ4v) is 3.61. The van der Waals surface area contributed by atoms with Crippen molar-refractivity contribution in [2.24, 2.45) is 5.73 Å². The van der Waals surface area contributed by atoms with Crippen LogP contribution in [-0.2, 0) is 11.3 Å². The Labute approximate surface area is 166 Å². The van der Waals surface area contributed by atoms with Crippen LogP contribution in [0.4, 0.5) is 5.69 Å². The van der Waals surface area contributed by atoms with Gasteiger partial charge in [0, 0.05) is 30.3 Å². The Kier molecular flexibility index (Phi) is 6.20.